The smallest absolute Gasteiger partial charge is 0.244 e. The van der Waals surface area contributed by atoms with E-state index in [0.29, 0.717) is 37.7 Å². The van der Waals surface area contributed by atoms with Gasteiger partial charge in [0, 0.05) is 13.1 Å². The molecule has 30 heavy (non-hydrogen) atoms. The van der Waals surface area contributed by atoms with Gasteiger partial charge in [0.2, 0.25) is 15.9 Å². The number of nitrogens with zero attached hydrogens (tertiary/aromatic N) is 3. The van der Waals surface area contributed by atoms with Crippen LogP contribution in [0.25, 0.3) is 11.0 Å². The van der Waals surface area contributed by atoms with Crippen LogP contribution in [-0.4, -0.2) is 61.6 Å². The maximum Gasteiger partial charge on any atom is 0.244 e. The van der Waals surface area contributed by atoms with E-state index in [1.807, 2.05) is 24.3 Å². The number of benzene rings is 2. The van der Waals surface area contributed by atoms with E-state index in [1.165, 1.54) is 29.6 Å². The summed E-state index contributed by atoms with van der Waals surface area (Å²) in [7, 11) is -2.23. The number of hydrogen-bond donors (Lipinski definition) is 1. The summed E-state index contributed by atoms with van der Waals surface area (Å²) in [6.45, 7) is 1.34. The molecule has 0 atom stereocenters. The average Bonchev–Trinajstić information content (AvgIpc) is 3.17. The number of morpholine rings is 1. The number of hydrogen-bond acceptors (Lipinski definition) is 6. The third-order valence-corrected chi connectivity index (χ3v) is 6.79. The van der Waals surface area contributed by atoms with Gasteiger partial charge >= 0.3 is 0 Å². The Bertz CT molecular complexity index is 1170. The Hall–Kier alpha value is -2.95. The van der Waals surface area contributed by atoms with Crippen molar-refractivity contribution in [3.05, 3.63) is 48.8 Å². The van der Waals surface area contributed by atoms with Gasteiger partial charge in [-0.1, -0.05) is 12.1 Å². The van der Waals surface area contributed by atoms with Crippen molar-refractivity contribution >= 4 is 32.7 Å². The molecule has 1 aliphatic heterocycles. The molecule has 9 nitrogen and oxygen atoms in total. The van der Waals surface area contributed by atoms with Crippen molar-refractivity contribution in [2.24, 2.45) is 0 Å². The molecule has 4 rings (SSSR count). The lowest BCUT2D eigenvalue weighted by Gasteiger charge is -2.26. The van der Waals surface area contributed by atoms with Gasteiger partial charge in [-0.25, -0.2) is 13.4 Å². The third-order valence-electron chi connectivity index (χ3n) is 4.89. The topological polar surface area (TPSA) is 103 Å². The Morgan fingerprint density at radius 2 is 1.97 bits per heavy atom. The van der Waals surface area contributed by atoms with Crippen LogP contribution in [0.5, 0.6) is 5.75 Å². The molecule has 2 heterocycles. The molecule has 1 amide bonds. The second-order valence-electron chi connectivity index (χ2n) is 6.79. The number of rotatable bonds is 6. The standard InChI is InChI=1S/C20H22N4O5S/c1-28-19-7-6-15(30(26,27)24-8-10-29-11-9-24)12-17(19)22-20(25)13-23-14-21-16-4-2-3-5-18(16)23/h2-7,12,14H,8-11,13H2,1H3,(H,22,25). The number of aromatic nitrogens is 2. The molecule has 1 fully saturated rings. The number of nitrogens with one attached hydrogen (secondary N) is 1. The van der Waals surface area contributed by atoms with Crippen LogP contribution in [0, 0.1) is 0 Å². The Kier molecular flexibility index (Phi) is 5.71. The molecular weight excluding hydrogens is 408 g/mol. The van der Waals surface area contributed by atoms with Crippen molar-refractivity contribution in [2.45, 2.75) is 11.4 Å². The van der Waals surface area contributed by atoms with Crippen molar-refractivity contribution in [3.8, 4) is 5.75 Å². The maximum atomic E-state index is 12.9. The van der Waals surface area contributed by atoms with E-state index >= 15 is 0 Å². The van der Waals surface area contributed by atoms with Gasteiger partial charge in [-0.15, -0.1) is 0 Å². The van der Waals surface area contributed by atoms with Gasteiger partial charge in [-0.3, -0.25) is 4.79 Å². The van der Waals surface area contributed by atoms with Gasteiger partial charge in [0.25, 0.3) is 0 Å². The first kappa shape index (κ1) is 20.3. The molecule has 3 aromatic rings. The number of ether oxygens (including phenoxy) is 2. The number of fused-ring (bicyclic) bond motifs is 1. The van der Waals surface area contributed by atoms with Crippen LogP contribution in [0.4, 0.5) is 5.69 Å². The summed E-state index contributed by atoms with van der Waals surface area (Å²) in [5.41, 5.74) is 1.92. The van der Waals surface area contributed by atoms with Crippen molar-refractivity contribution in [1.29, 1.82) is 0 Å². The summed E-state index contributed by atoms with van der Waals surface area (Å²) in [6, 6.07) is 11.9. The first-order chi connectivity index (χ1) is 14.5. The van der Waals surface area contributed by atoms with Crippen LogP contribution in [0.15, 0.2) is 53.7 Å². The van der Waals surface area contributed by atoms with Gasteiger partial charge in [0.05, 0.1) is 48.3 Å². The van der Waals surface area contributed by atoms with E-state index in [-0.39, 0.29) is 17.3 Å². The van der Waals surface area contributed by atoms with E-state index in [4.69, 9.17) is 9.47 Å². The molecule has 0 saturated carbocycles. The van der Waals surface area contributed by atoms with E-state index in [0.717, 1.165) is 11.0 Å². The predicted octanol–water partition coefficient (Wildman–Crippen LogP) is 1.70. The molecule has 158 valence electrons. The maximum absolute atomic E-state index is 12.9. The minimum Gasteiger partial charge on any atom is -0.495 e. The number of anilines is 1. The number of carbonyl (C=O) groups is 1. The monoisotopic (exact) mass is 430 g/mol. The first-order valence-electron chi connectivity index (χ1n) is 9.45. The minimum atomic E-state index is -3.69. The number of amides is 1. The lowest BCUT2D eigenvalue weighted by atomic mass is 10.3. The van der Waals surface area contributed by atoms with Gasteiger partial charge in [-0.05, 0) is 30.3 Å². The summed E-state index contributed by atoms with van der Waals surface area (Å²) in [5, 5.41) is 2.76. The number of imidazole rings is 1. The molecule has 1 aromatic heterocycles. The van der Waals surface area contributed by atoms with Gasteiger partial charge in [0.15, 0.2) is 0 Å². The molecule has 10 heteroatoms. The number of methoxy groups -OCH3 is 1. The lowest BCUT2D eigenvalue weighted by Crippen LogP contribution is -2.40. The van der Waals surface area contributed by atoms with Crippen LogP contribution in [-0.2, 0) is 26.1 Å². The number of para-hydroxylation sites is 2. The van der Waals surface area contributed by atoms with E-state index in [2.05, 4.69) is 10.3 Å². The van der Waals surface area contributed by atoms with Crippen molar-refractivity contribution in [1.82, 2.24) is 13.9 Å². The summed E-state index contributed by atoms with van der Waals surface area (Å²) in [6.07, 6.45) is 1.60. The average molecular weight is 430 g/mol. The highest BCUT2D eigenvalue weighted by Crippen LogP contribution is 2.29. The Morgan fingerprint density at radius 1 is 1.20 bits per heavy atom. The molecule has 1 aliphatic rings. The molecule has 0 radical (unpaired) electrons. The molecular formula is C20H22N4O5S. The fourth-order valence-electron chi connectivity index (χ4n) is 3.36. The molecule has 0 spiro atoms. The quantitative estimate of drug-likeness (QED) is 0.639. The summed E-state index contributed by atoms with van der Waals surface area (Å²) >= 11 is 0. The van der Waals surface area contributed by atoms with Gasteiger partial charge < -0.3 is 19.4 Å². The zero-order valence-electron chi connectivity index (χ0n) is 16.4. The molecule has 0 aliphatic carbocycles. The SMILES string of the molecule is COc1ccc(S(=O)(=O)N2CCOCC2)cc1NC(=O)Cn1cnc2ccccc21. The van der Waals surface area contributed by atoms with Gasteiger partial charge in [-0.2, -0.15) is 4.31 Å². The first-order valence-corrected chi connectivity index (χ1v) is 10.9. The molecule has 0 unspecified atom stereocenters. The van der Waals surface area contributed by atoms with E-state index in [1.54, 1.807) is 10.9 Å². The fourth-order valence-corrected chi connectivity index (χ4v) is 4.80. The molecule has 1 saturated heterocycles. The fraction of sp³-hybridized carbons (Fsp3) is 0.300. The van der Waals surface area contributed by atoms with Crippen molar-refractivity contribution in [2.75, 3.05) is 38.7 Å². The summed E-state index contributed by atoms with van der Waals surface area (Å²) in [5.74, 6) is 0.0529. The predicted molar refractivity (Wildman–Crippen MR) is 111 cm³/mol. The third kappa shape index (κ3) is 4.02. The second kappa shape index (κ2) is 8.42. The Labute approximate surface area is 174 Å². The van der Waals surface area contributed by atoms with Crippen molar-refractivity contribution < 1.29 is 22.7 Å². The van der Waals surface area contributed by atoms with Crippen molar-refractivity contribution in [3.63, 3.8) is 0 Å². The highest BCUT2D eigenvalue weighted by molar-refractivity contribution is 7.89. The highest BCUT2D eigenvalue weighted by atomic mass is 32.2. The van der Waals surface area contributed by atoms with Crippen LogP contribution in [0.3, 0.4) is 0 Å². The van der Waals surface area contributed by atoms with E-state index < -0.39 is 10.0 Å². The zero-order valence-corrected chi connectivity index (χ0v) is 17.3. The minimum absolute atomic E-state index is 0.0319. The summed E-state index contributed by atoms with van der Waals surface area (Å²) in [4.78, 5) is 17.0. The highest BCUT2D eigenvalue weighted by Gasteiger charge is 2.27. The number of sulfonamides is 1. The van der Waals surface area contributed by atoms with Crippen LogP contribution < -0.4 is 10.1 Å². The Balaban J connectivity index is 1.57. The second-order valence-corrected chi connectivity index (χ2v) is 8.73. The summed E-state index contributed by atoms with van der Waals surface area (Å²) < 4.78 is 39.5. The number of carbonyl (C=O) groups excluding carboxylic acids is 1. The Morgan fingerprint density at radius 3 is 2.73 bits per heavy atom. The lowest BCUT2D eigenvalue weighted by molar-refractivity contribution is -0.116. The molecule has 1 N–H and O–H groups in total. The van der Waals surface area contributed by atoms with Gasteiger partial charge in [0.1, 0.15) is 12.3 Å². The van der Waals surface area contributed by atoms with Crippen LogP contribution >= 0.6 is 0 Å². The van der Waals surface area contributed by atoms with Crippen LogP contribution in [0.2, 0.25) is 0 Å². The molecule has 0 bridgehead atoms. The van der Waals surface area contributed by atoms with Crippen LogP contribution in [0.1, 0.15) is 0 Å². The largest absolute Gasteiger partial charge is 0.495 e. The normalized spacial score (nSPS) is 15.2. The van der Waals surface area contributed by atoms with E-state index in [9.17, 15) is 13.2 Å². The zero-order chi connectivity index (χ0) is 21.1. The molecule has 2 aromatic carbocycles.